The zero-order valence-electron chi connectivity index (χ0n) is 24.4. The van der Waals surface area contributed by atoms with Crippen molar-refractivity contribution in [2.24, 2.45) is 0 Å². The molecule has 6 rings (SSSR count). The van der Waals surface area contributed by atoms with Crippen molar-refractivity contribution in [3.05, 3.63) is 75.8 Å². The van der Waals surface area contributed by atoms with Crippen LogP contribution >= 0.6 is 0 Å². The molecule has 1 aliphatic carbocycles. The molecule has 0 bridgehead atoms. The van der Waals surface area contributed by atoms with Crippen LogP contribution < -0.4 is 14.2 Å². The third-order valence-corrected chi connectivity index (χ3v) is 10.4. The van der Waals surface area contributed by atoms with E-state index in [1.54, 1.807) is 12.1 Å². The van der Waals surface area contributed by atoms with Gasteiger partial charge < -0.3 is 18.9 Å². The van der Waals surface area contributed by atoms with E-state index in [1.165, 1.54) is 7.11 Å². The molecule has 7 nitrogen and oxygen atoms in total. The first-order valence-electron chi connectivity index (χ1n) is 14.5. The van der Waals surface area contributed by atoms with Crippen molar-refractivity contribution in [1.29, 1.82) is 0 Å². The second-order valence-electron chi connectivity index (χ2n) is 11.6. The highest BCUT2D eigenvalue weighted by Gasteiger charge is 2.34. The van der Waals surface area contributed by atoms with Gasteiger partial charge in [0, 0.05) is 34.7 Å². The van der Waals surface area contributed by atoms with E-state index in [-0.39, 0.29) is 35.9 Å². The molecule has 0 aromatic heterocycles. The van der Waals surface area contributed by atoms with Crippen LogP contribution in [0.15, 0.2) is 36.4 Å². The summed E-state index contributed by atoms with van der Waals surface area (Å²) in [7, 11) is -1.65. The average molecular weight is 613 g/mol. The van der Waals surface area contributed by atoms with Crippen LogP contribution in [0, 0.1) is 25.5 Å². The standard InChI is InChI=1S/C33H34F2O7S/c1-18-12-23(41-21-8-10-43(37,38)11-9-21)13-19(2)31(18)33-25-6-7-28(32(25)26(34)16-27(33)35)42-22-4-5-24-20(14-30(36)39-3)17-40-29(24)15-22/h4-5,12-13,15-16,20-21,28H,6-11,14,17H2,1-3H3/t20?,28-/m1/s1. The Morgan fingerprint density at radius 3 is 2.35 bits per heavy atom. The zero-order chi connectivity index (χ0) is 30.5. The van der Waals surface area contributed by atoms with Crippen LogP contribution in [-0.4, -0.2) is 45.7 Å². The number of carbonyl (C=O) groups is 1. The summed E-state index contributed by atoms with van der Waals surface area (Å²) in [6.07, 6.45) is 1.22. The maximum Gasteiger partial charge on any atom is 0.306 e. The van der Waals surface area contributed by atoms with Gasteiger partial charge in [-0.25, -0.2) is 17.2 Å². The summed E-state index contributed by atoms with van der Waals surface area (Å²) < 4.78 is 77.4. The van der Waals surface area contributed by atoms with Gasteiger partial charge in [-0.2, -0.15) is 0 Å². The highest BCUT2D eigenvalue weighted by Crippen LogP contribution is 2.46. The molecule has 10 heteroatoms. The van der Waals surface area contributed by atoms with Crippen molar-refractivity contribution in [1.82, 2.24) is 0 Å². The van der Waals surface area contributed by atoms with Gasteiger partial charge in [0.15, 0.2) is 9.84 Å². The third kappa shape index (κ3) is 5.81. The average Bonchev–Trinajstić information content (AvgIpc) is 3.55. The fourth-order valence-corrected chi connectivity index (χ4v) is 8.06. The van der Waals surface area contributed by atoms with E-state index in [0.29, 0.717) is 71.8 Å². The topological polar surface area (TPSA) is 88.1 Å². The van der Waals surface area contributed by atoms with Gasteiger partial charge in [0.25, 0.3) is 0 Å². The number of halogens is 2. The Balaban J connectivity index is 1.25. The lowest BCUT2D eigenvalue weighted by molar-refractivity contribution is -0.141. The van der Waals surface area contributed by atoms with E-state index in [1.807, 2.05) is 32.0 Å². The second kappa shape index (κ2) is 11.4. The molecule has 0 amide bonds. The summed E-state index contributed by atoms with van der Waals surface area (Å²) in [5.74, 6) is 0.269. The van der Waals surface area contributed by atoms with Gasteiger partial charge >= 0.3 is 5.97 Å². The van der Waals surface area contributed by atoms with Gasteiger partial charge in [0.2, 0.25) is 0 Å². The van der Waals surface area contributed by atoms with Crippen molar-refractivity contribution in [3.8, 4) is 28.4 Å². The van der Waals surface area contributed by atoms with Crippen LogP contribution in [0.25, 0.3) is 11.1 Å². The van der Waals surface area contributed by atoms with Gasteiger partial charge in [-0.15, -0.1) is 0 Å². The van der Waals surface area contributed by atoms with Gasteiger partial charge in [-0.3, -0.25) is 4.79 Å². The summed E-state index contributed by atoms with van der Waals surface area (Å²) in [4.78, 5) is 11.7. The van der Waals surface area contributed by atoms with Gasteiger partial charge in [0.1, 0.15) is 41.1 Å². The number of aryl methyl sites for hydroxylation is 2. The SMILES string of the molecule is COC(=O)CC1COc2cc(O[C@@H]3CCc4c(-c5c(C)cc(OC6CCS(=O)(=O)CC6)cc5C)c(F)cc(F)c43)ccc21. The molecule has 3 aromatic rings. The minimum atomic E-state index is -3.00. The molecule has 3 aromatic carbocycles. The number of ether oxygens (including phenoxy) is 4. The number of sulfone groups is 1. The molecule has 1 fully saturated rings. The normalized spacial score (nSPS) is 20.7. The van der Waals surface area contributed by atoms with Crippen LogP contribution in [0.2, 0.25) is 0 Å². The summed E-state index contributed by atoms with van der Waals surface area (Å²) in [6.45, 7) is 4.11. The van der Waals surface area contributed by atoms with Crippen molar-refractivity contribution in [3.63, 3.8) is 0 Å². The van der Waals surface area contributed by atoms with Crippen LogP contribution in [0.4, 0.5) is 8.78 Å². The lowest BCUT2D eigenvalue weighted by atomic mass is 9.89. The molecule has 2 heterocycles. The van der Waals surface area contributed by atoms with E-state index in [2.05, 4.69) is 0 Å². The van der Waals surface area contributed by atoms with Crippen LogP contribution in [0.1, 0.15) is 65.5 Å². The summed E-state index contributed by atoms with van der Waals surface area (Å²) in [6, 6.07) is 10.00. The minimum Gasteiger partial charge on any atom is -0.492 e. The number of methoxy groups -OCH3 is 1. The summed E-state index contributed by atoms with van der Waals surface area (Å²) in [5, 5.41) is 0. The Morgan fingerprint density at radius 1 is 0.930 bits per heavy atom. The third-order valence-electron chi connectivity index (χ3n) is 8.70. The number of carbonyl (C=O) groups excluding carboxylic acids is 1. The van der Waals surface area contributed by atoms with Crippen molar-refractivity contribution < 1.29 is 40.9 Å². The lowest BCUT2D eigenvalue weighted by Crippen LogP contribution is -2.30. The Morgan fingerprint density at radius 2 is 1.65 bits per heavy atom. The van der Waals surface area contributed by atoms with E-state index in [0.717, 1.165) is 22.8 Å². The molecule has 0 saturated carbocycles. The summed E-state index contributed by atoms with van der Waals surface area (Å²) >= 11 is 0. The van der Waals surface area contributed by atoms with Crippen molar-refractivity contribution >= 4 is 15.8 Å². The predicted octanol–water partition coefficient (Wildman–Crippen LogP) is 6.31. The largest absolute Gasteiger partial charge is 0.492 e. The van der Waals surface area contributed by atoms with Crippen LogP contribution in [0.5, 0.6) is 17.2 Å². The van der Waals surface area contributed by atoms with Crippen molar-refractivity contribution in [2.45, 2.75) is 64.1 Å². The van der Waals surface area contributed by atoms with E-state index >= 15 is 8.78 Å². The molecule has 43 heavy (non-hydrogen) atoms. The van der Waals surface area contributed by atoms with Gasteiger partial charge in [-0.05, 0) is 80.0 Å². The van der Waals surface area contributed by atoms with Crippen LogP contribution in [0.3, 0.4) is 0 Å². The Labute approximate surface area is 250 Å². The zero-order valence-corrected chi connectivity index (χ0v) is 25.2. The number of benzene rings is 3. The number of esters is 1. The molecular weight excluding hydrogens is 578 g/mol. The Kier molecular flexibility index (Phi) is 7.83. The molecule has 2 aliphatic heterocycles. The fraction of sp³-hybridized carbons (Fsp3) is 0.424. The van der Waals surface area contributed by atoms with Gasteiger partial charge in [-0.1, -0.05) is 6.07 Å². The first-order chi connectivity index (χ1) is 20.5. The Hall–Kier alpha value is -3.66. The molecule has 1 unspecified atom stereocenters. The first-order valence-corrected chi connectivity index (χ1v) is 16.3. The second-order valence-corrected chi connectivity index (χ2v) is 13.9. The number of hydrogen-bond donors (Lipinski definition) is 0. The highest BCUT2D eigenvalue weighted by atomic mass is 32.2. The Bertz CT molecular complexity index is 1660. The maximum atomic E-state index is 15.5. The smallest absolute Gasteiger partial charge is 0.306 e. The fourth-order valence-electron chi connectivity index (χ4n) is 6.61. The maximum absolute atomic E-state index is 15.5. The van der Waals surface area contributed by atoms with E-state index in [4.69, 9.17) is 18.9 Å². The first kappa shape index (κ1) is 29.4. The highest BCUT2D eigenvalue weighted by molar-refractivity contribution is 7.91. The number of fused-ring (bicyclic) bond motifs is 2. The van der Waals surface area contributed by atoms with Gasteiger partial charge in [0.05, 0.1) is 31.6 Å². The lowest BCUT2D eigenvalue weighted by Gasteiger charge is -2.24. The van der Waals surface area contributed by atoms with Crippen LogP contribution in [-0.2, 0) is 25.8 Å². The molecule has 228 valence electrons. The molecule has 3 aliphatic rings. The summed E-state index contributed by atoms with van der Waals surface area (Å²) in [5.41, 5.74) is 4.47. The van der Waals surface area contributed by atoms with Crippen molar-refractivity contribution in [2.75, 3.05) is 25.2 Å². The molecular formula is C33H34F2O7S. The molecule has 2 atom stereocenters. The molecule has 1 saturated heterocycles. The monoisotopic (exact) mass is 612 g/mol. The molecule has 0 radical (unpaired) electrons. The van der Waals surface area contributed by atoms with E-state index in [9.17, 15) is 13.2 Å². The molecule has 0 spiro atoms. The number of rotatable bonds is 7. The number of hydrogen-bond acceptors (Lipinski definition) is 7. The molecule has 0 N–H and O–H groups in total. The predicted molar refractivity (Wildman–Crippen MR) is 157 cm³/mol. The van der Waals surface area contributed by atoms with E-state index < -0.39 is 27.6 Å². The quantitative estimate of drug-likeness (QED) is 0.289. The minimum absolute atomic E-state index is 0.103.